The van der Waals surface area contributed by atoms with Crippen LogP contribution in [0.1, 0.15) is 42.0 Å². The summed E-state index contributed by atoms with van der Waals surface area (Å²) < 4.78 is 0. The zero-order chi connectivity index (χ0) is 14.4. The van der Waals surface area contributed by atoms with Gasteiger partial charge in [0.15, 0.2) is 0 Å². The number of benzene rings is 1. The van der Waals surface area contributed by atoms with Gasteiger partial charge in [-0.15, -0.1) is 0 Å². The standard InChI is InChI=1S/C17H23N3/c1-4-9-19-17(16-8-10-18-14(3)20-16)12-15-7-5-6-13(2)11-15/h5-8,10-11,17,19H,4,9,12H2,1-3H3. The van der Waals surface area contributed by atoms with Crippen molar-refractivity contribution in [3.8, 4) is 0 Å². The fourth-order valence-corrected chi connectivity index (χ4v) is 2.34. The van der Waals surface area contributed by atoms with Crippen molar-refractivity contribution in [3.05, 3.63) is 59.2 Å². The molecule has 0 bridgehead atoms. The summed E-state index contributed by atoms with van der Waals surface area (Å²) in [6, 6.07) is 10.9. The van der Waals surface area contributed by atoms with E-state index in [4.69, 9.17) is 0 Å². The maximum absolute atomic E-state index is 4.57. The molecule has 0 aliphatic rings. The first kappa shape index (κ1) is 14.7. The Balaban J connectivity index is 2.19. The molecule has 3 nitrogen and oxygen atoms in total. The van der Waals surface area contributed by atoms with E-state index in [-0.39, 0.29) is 6.04 Å². The van der Waals surface area contributed by atoms with E-state index >= 15 is 0 Å². The van der Waals surface area contributed by atoms with Crippen LogP contribution in [-0.2, 0) is 6.42 Å². The van der Waals surface area contributed by atoms with E-state index in [0.717, 1.165) is 30.9 Å². The molecule has 0 spiro atoms. The summed E-state index contributed by atoms with van der Waals surface area (Å²) in [6.45, 7) is 7.25. The molecule has 0 fully saturated rings. The van der Waals surface area contributed by atoms with Gasteiger partial charge in [-0.05, 0) is 44.9 Å². The molecule has 0 saturated heterocycles. The molecule has 20 heavy (non-hydrogen) atoms. The number of hydrogen-bond acceptors (Lipinski definition) is 3. The minimum atomic E-state index is 0.249. The summed E-state index contributed by atoms with van der Waals surface area (Å²) in [7, 11) is 0. The maximum atomic E-state index is 4.57. The molecule has 1 unspecified atom stereocenters. The van der Waals surface area contributed by atoms with E-state index in [1.807, 2.05) is 19.2 Å². The maximum Gasteiger partial charge on any atom is 0.125 e. The molecule has 2 rings (SSSR count). The second-order valence-corrected chi connectivity index (χ2v) is 5.23. The number of nitrogens with one attached hydrogen (secondary N) is 1. The van der Waals surface area contributed by atoms with E-state index in [0.29, 0.717) is 0 Å². The largest absolute Gasteiger partial charge is 0.308 e. The van der Waals surface area contributed by atoms with Crippen LogP contribution in [0.25, 0.3) is 0 Å². The highest BCUT2D eigenvalue weighted by Gasteiger charge is 2.13. The van der Waals surface area contributed by atoms with Gasteiger partial charge in [-0.25, -0.2) is 9.97 Å². The Kier molecular flexibility index (Phi) is 5.24. The fourth-order valence-electron chi connectivity index (χ4n) is 2.34. The normalized spacial score (nSPS) is 12.3. The molecule has 1 atom stereocenters. The summed E-state index contributed by atoms with van der Waals surface area (Å²) in [5.74, 6) is 0.829. The van der Waals surface area contributed by atoms with Crippen LogP contribution in [0.4, 0.5) is 0 Å². The average Bonchev–Trinajstić information content (AvgIpc) is 2.43. The Morgan fingerprint density at radius 2 is 2.05 bits per heavy atom. The highest BCUT2D eigenvalue weighted by atomic mass is 15.0. The second-order valence-electron chi connectivity index (χ2n) is 5.23. The topological polar surface area (TPSA) is 37.8 Å². The lowest BCUT2D eigenvalue weighted by Crippen LogP contribution is -2.25. The zero-order valence-corrected chi connectivity index (χ0v) is 12.6. The second kappa shape index (κ2) is 7.15. The van der Waals surface area contributed by atoms with E-state index < -0.39 is 0 Å². The molecule has 0 aliphatic heterocycles. The molecule has 1 aromatic heterocycles. The minimum Gasteiger partial charge on any atom is -0.308 e. The van der Waals surface area contributed by atoms with Crippen molar-refractivity contribution < 1.29 is 0 Å². The first-order valence-electron chi connectivity index (χ1n) is 7.27. The predicted molar refractivity (Wildman–Crippen MR) is 82.7 cm³/mol. The lowest BCUT2D eigenvalue weighted by Gasteiger charge is -2.18. The molecule has 0 radical (unpaired) electrons. The fraction of sp³-hybridized carbons (Fsp3) is 0.412. The van der Waals surface area contributed by atoms with E-state index in [2.05, 4.69) is 53.4 Å². The molecule has 0 amide bonds. The van der Waals surface area contributed by atoms with Crippen molar-refractivity contribution >= 4 is 0 Å². The number of rotatable bonds is 6. The van der Waals surface area contributed by atoms with Crippen LogP contribution < -0.4 is 5.32 Å². The molecule has 1 heterocycles. The highest BCUT2D eigenvalue weighted by Crippen LogP contribution is 2.17. The van der Waals surface area contributed by atoms with Crippen LogP contribution in [0.15, 0.2) is 36.5 Å². The Morgan fingerprint density at radius 1 is 1.20 bits per heavy atom. The van der Waals surface area contributed by atoms with Crippen LogP contribution in [0.2, 0.25) is 0 Å². The van der Waals surface area contributed by atoms with Gasteiger partial charge >= 0.3 is 0 Å². The predicted octanol–water partition coefficient (Wildman–Crippen LogP) is 3.38. The number of aryl methyl sites for hydroxylation is 2. The highest BCUT2D eigenvalue weighted by molar-refractivity contribution is 5.24. The zero-order valence-electron chi connectivity index (χ0n) is 12.6. The van der Waals surface area contributed by atoms with Crippen molar-refractivity contribution in [2.75, 3.05) is 6.54 Å². The lowest BCUT2D eigenvalue weighted by molar-refractivity contribution is 0.515. The smallest absolute Gasteiger partial charge is 0.125 e. The summed E-state index contributed by atoms with van der Waals surface area (Å²) in [5.41, 5.74) is 3.72. The number of hydrogen-bond donors (Lipinski definition) is 1. The number of aromatic nitrogens is 2. The monoisotopic (exact) mass is 269 g/mol. The van der Waals surface area contributed by atoms with E-state index in [1.165, 1.54) is 11.1 Å². The van der Waals surface area contributed by atoms with Crippen molar-refractivity contribution in [1.82, 2.24) is 15.3 Å². The van der Waals surface area contributed by atoms with Gasteiger partial charge in [0.25, 0.3) is 0 Å². The lowest BCUT2D eigenvalue weighted by atomic mass is 10.0. The van der Waals surface area contributed by atoms with E-state index in [9.17, 15) is 0 Å². The van der Waals surface area contributed by atoms with Crippen LogP contribution >= 0.6 is 0 Å². The molecule has 1 N–H and O–H groups in total. The minimum absolute atomic E-state index is 0.249. The average molecular weight is 269 g/mol. The molecule has 2 aromatic rings. The summed E-state index contributed by atoms with van der Waals surface area (Å²) in [6.07, 6.45) is 3.92. The molecule has 106 valence electrons. The first-order chi connectivity index (χ1) is 9.69. The van der Waals surface area contributed by atoms with Gasteiger partial charge < -0.3 is 5.32 Å². The van der Waals surface area contributed by atoms with Crippen LogP contribution in [-0.4, -0.2) is 16.5 Å². The Morgan fingerprint density at radius 3 is 2.75 bits per heavy atom. The van der Waals surface area contributed by atoms with Crippen molar-refractivity contribution in [3.63, 3.8) is 0 Å². The van der Waals surface area contributed by atoms with Crippen molar-refractivity contribution in [2.24, 2.45) is 0 Å². The van der Waals surface area contributed by atoms with Gasteiger partial charge in [0.05, 0.1) is 11.7 Å². The Labute approximate surface area is 121 Å². The van der Waals surface area contributed by atoms with Crippen LogP contribution in [0.3, 0.4) is 0 Å². The third-order valence-electron chi connectivity index (χ3n) is 3.32. The molecule has 1 aromatic carbocycles. The molecular weight excluding hydrogens is 246 g/mol. The molecular formula is C17H23N3. The Hall–Kier alpha value is -1.74. The SMILES string of the molecule is CCCNC(Cc1cccc(C)c1)c1ccnc(C)n1. The van der Waals surface area contributed by atoms with Crippen LogP contribution in [0.5, 0.6) is 0 Å². The van der Waals surface area contributed by atoms with E-state index in [1.54, 1.807) is 0 Å². The van der Waals surface area contributed by atoms with Crippen molar-refractivity contribution in [2.45, 2.75) is 39.7 Å². The third-order valence-corrected chi connectivity index (χ3v) is 3.32. The molecule has 0 saturated carbocycles. The summed E-state index contributed by atoms with van der Waals surface area (Å²) in [4.78, 5) is 8.76. The van der Waals surface area contributed by atoms with Gasteiger partial charge in [-0.3, -0.25) is 0 Å². The third kappa shape index (κ3) is 4.14. The quantitative estimate of drug-likeness (QED) is 0.873. The van der Waals surface area contributed by atoms with Gasteiger partial charge in [0.2, 0.25) is 0 Å². The summed E-state index contributed by atoms with van der Waals surface area (Å²) in [5, 5.41) is 3.59. The van der Waals surface area contributed by atoms with Gasteiger partial charge in [0.1, 0.15) is 5.82 Å². The van der Waals surface area contributed by atoms with Gasteiger partial charge in [-0.2, -0.15) is 0 Å². The number of nitrogens with zero attached hydrogens (tertiary/aromatic N) is 2. The molecule has 0 aliphatic carbocycles. The van der Waals surface area contributed by atoms with Crippen LogP contribution in [0, 0.1) is 13.8 Å². The summed E-state index contributed by atoms with van der Waals surface area (Å²) >= 11 is 0. The Bertz CT molecular complexity index is 551. The van der Waals surface area contributed by atoms with Gasteiger partial charge in [-0.1, -0.05) is 36.8 Å². The molecule has 3 heteroatoms. The van der Waals surface area contributed by atoms with Gasteiger partial charge in [0, 0.05) is 6.20 Å². The first-order valence-corrected chi connectivity index (χ1v) is 7.27. The van der Waals surface area contributed by atoms with Crippen molar-refractivity contribution in [1.29, 1.82) is 0 Å².